The summed E-state index contributed by atoms with van der Waals surface area (Å²) in [6, 6.07) is 8.53. The molecule has 0 nitrogen and oxygen atoms in total. The lowest BCUT2D eigenvalue weighted by Crippen LogP contribution is -1.93. The second kappa shape index (κ2) is 5.87. The standard InChI is InChI=1S/C13H17Cl/c1-3-12-7-9-13(10-8-12)6-4-5-11(2)14/h3,7-11H,1,4-6H2,2H3. The van der Waals surface area contributed by atoms with Gasteiger partial charge in [0, 0.05) is 5.38 Å². The third-order valence-electron chi connectivity index (χ3n) is 2.28. The van der Waals surface area contributed by atoms with E-state index in [1.807, 2.05) is 13.0 Å². The van der Waals surface area contributed by atoms with Gasteiger partial charge in [0.2, 0.25) is 0 Å². The van der Waals surface area contributed by atoms with Gasteiger partial charge in [-0.1, -0.05) is 36.9 Å². The van der Waals surface area contributed by atoms with Crippen molar-refractivity contribution in [3.63, 3.8) is 0 Å². The van der Waals surface area contributed by atoms with Crippen molar-refractivity contribution in [2.24, 2.45) is 0 Å². The summed E-state index contributed by atoms with van der Waals surface area (Å²) in [4.78, 5) is 0. The maximum atomic E-state index is 5.88. The molecule has 14 heavy (non-hydrogen) atoms. The van der Waals surface area contributed by atoms with Gasteiger partial charge in [0.25, 0.3) is 0 Å². The van der Waals surface area contributed by atoms with Crippen LogP contribution in [-0.4, -0.2) is 5.38 Å². The largest absolute Gasteiger partial charge is 0.123 e. The van der Waals surface area contributed by atoms with Gasteiger partial charge in [-0.05, 0) is 37.3 Å². The van der Waals surface area contributed by atoms with Crippen LogP contribution in [0.15, 0.2) is 30.8 Å². The van der Waals surface area contributed by atoms with Crippen molar-refractivity contribution >= 4 is 17.7 Å². The highest BCUT2D eigenvalue weighted by molar-refractivity contribution is 6.20. The van der Waals surface area contributed by atoms with E-state index in [-0.39, 0.29) is 0 Å². The van der Waals surface area contributed by atoms with E-state index in [1.165, 1.54) is 11.1 Å². The predicted octanol–water partition coefficient (Wildman–Crippen LogP) is 4.28. The van der Waals surface area contributed by atoms with E-state index in [0.717, 1.165) is 19.3 Å². The van der Waals surface area contributed by atoms with Crippen LogP contribution in [0, 0.1) is 0 Å². The van der Waals surface area contributed by atoms with Gasteiger partial charge in [0.15, 0.2) is 0 Å². The summed E-state index contributed by atoms with van der Waals surface area (Å²) < 4.78 is 0. The van der Waals surface area contributed by atoms with E-state index in [2.05, 4.69) is 30.8 Å². The zero-order chi connectivity index (χ0) is 10.4. The summed E-state index contributed by atoms with van der Waals surface area (Å²) in [6.45, 7) is 5.77. The molecule has 0 fully saturated rings. The number of hydrogen-bond donors (Lipinski definition) is 0. The molecule has 0 spiro atoms. The van der Waals surface area contributed by atoms with Crippen LogP contribution in [0.3, 0.4) is 0 Å². The molecular weight excluding hydrogens is 192 g/mol. The van der Waals surface area contributed by atoms with E-state index in [9.17, 15) is 0 Å². The molecule has 0 aliphatic rings. The molecule has 76 valence electrons. The van der Waals surface area contributed by atoms with E-state index in [4.69, 9.17) is 11.6 Å². The van der Waals surface area contributed by atoms with Crippen LogP contribution in [0.4, 0.5) is 0 Å². The summed E-state index contributed by atoms with van der Waals surface area (Å²) in [5.41, 5.74) is 2.56. The zero-order valence-corrected chi connectivity index (χ0v) is 9.43. The normalized spacial score (nSPS) is 12.4. The quantitative estimate of drug-likeness (QED) is 0.634. The topological polar surface area (TPSA) is 0 Å². The van der Waals surface area contributed by atoms with Gasteiger partial charge in [-0.15, -0.1) is 11.6 Å². The van der Waals surface area contributed by atoms with Gasteiger partial charge in [-0.2, -0.15) is 0 Å². The first-order valence-corrected chi connectivity index (χ1v) is 5.51. The Morgan fingerprint density at radius 3 is 2.50 bits per heavy atom. The molecule has 0 aliphatic heterocycles. The van der Waals surface area contributed by atoms with Crippen molar-refractivity contribution in [1.82, 2.24) is 0 Å². The van der Waals surface area contributed by atoms with Gasteiger partial charge in [-0.3, -0.25) is 0 Å². The Bertz CT molecular complexity index is 272. The molecule has 0 aromatic heterocycles. The van der Waals surface area contributed by atoms with Crippen molar-refractivity contribution in [2.75, 3.05) is 0 Å². The second-order valence-corrected chi connectivity index (χ2v) is 4.36. The Morgan fingerprint density at radius 2 is 2.00 bits per heavy atom. The van der Waals surface area contributed by atoms with Crippen LogP contribution >= 0.6 is 11.6 Å². The summed E-state index contributed by atoms with van der Waals surface area (Å²) in [5.74, 6) is 0. The van der Waals surface area contributed by atoms with E-state index in [1.54, 1.807) is 0 Å². The van der Waals surface area contributed by atoms with Crippen LogP contribution in [-0.2, 0) is 6.42 Å². The number of halogens is 1. The third-order valence-corrected chi connectivity index (χ3v) is 2.50. The fourth-order valence-corrected chi connectivity index (χ4v) is 1.56. The Balaban J connectivity index is 2.40. The average Bonchev–Trinajstić information content (AvgIpc) is 2.18. The smallest absolute Gasteiger partial charge is 0.0308 e. The summed E-state index contributed by atoms with van der Waals surface area (Å²) >= 11 is 5.88. The summed E-state index contributed by atoms with van der Waals surface area (Å²) in [6.07, 6.45) is 5.24. The lowest BCUT2D eigenvalue weighted by molar-refractivity contribution is 0.723. The van der Waals surface area contributed by atoms with E-state index >= 15 is 0 Å². The minimum Gasteiger partial charge on any atom is -0.123 e. The molecule has 0 N–H and O–H groups in total. The van der Waals surface area contributed by atoms with Gasteiger partial charge < -0.3 is 0 Å². The predicted molar refractivity (Wildman–Crippen MR) is 64.8 cm³/mol. The molecule has 0 heterocycles. The van der Waals surface area contributed by atoms with Crippen LogP contribution in [0.5, 0.6) is 0 Å². The molecular formula is C13H17Cl. The number of benzene rings is 1. The minimum atomic E-state index is 0.294. The minimum absolute atomic E-state index is 0.294. The zero-order valence-electron chi connectivity index (χ0n) is 8.67. The van der Waals surface area contributed by atoms with Gasteiger partial charge in [-0.25, -0.2) is 0 Å². The Labute approximate surface area is 91.6 Å². The fraction of sp³-hybridized carbons (Fsp3) is 0.385. The van der Waals surface area contributed by atoms with Crippen LogP contribution in [0.1, 0.15) is 30.9 Å². The SMILES string of the molecule is C=Cc1ccc(CCCC(C)Cl)cc1. The maximum absolute atomic E-state index is 5.88. The Kier molecular flexibility index (Phi) is 4.75. The first kappa shape index (κ1) is 11.3. The molecule has 0 saturated heterocycles. The van der Waals surface area contributed by atoms with Crippen LogP contribution < -0.4 is 0 Å². The Morgan fingerprint density at radius 1 is 1.36 bits per heavy atom. The highest BCUT2D eigenvalue weighted by Crippen LogP contribution is 2.11. The third kappa shape index (κ3) is 3.97. The van der Waals surface area contributed by atoms with Crippen molar-refractivity contribution in [3.8, 4) is 0 Å². The molecule has 0 amide bonds. The molecule has 1 heteroatoms. The van der Waals surface area contributed by atoms with Gasteiger partial charge in [0.05, 0.1) is 0 Å². The fourth-order valence-electron chi connectivity index (χ4n) is 1.41. The number of aryl methyl sites for hydroxylation is 1. The molecule has 1 aromatic rings. The first-order chi connectivity index (χ1) is 6.72. The highest BCUT2D eigenvalue weighted by atomic mass is 35.5. The van der Waals surface area contributed by atoms with Crippen molar-refractivity contribution in [2.45, 2.75) is 31.6 Å². The van der Waals surface area contributed by atoms with E-state index < -0.39 is 0 Å². The second-order valence-electron chi connectivity index (χ2n) is 3.62. The van der Waals surface area contributed by atoms with E-state index in [0.29, 0.717) is 5.38 Å². The molecule has 1 rings (SSSR count). The number of alkyl halides is 1. The molecule has 0 bridgehead atoms. The molecule has 1 unspecified atom stereocenters. The molecule has 1 atom stereocenters. The lowest BCUT2D eigenvalue weighted by atomic mass is 10.1. The molecule has 0 aliphatic carbocycles. The summed E-state index contributed by atoms with van der Waals surface area (Å²) in [7, 11) is 0. The van der Waals surface area contributed by atoms with Crippen LogP contribution in [0.2, 0.25) is 0 Å². The van der Waals surface area contributed by atoms with Crippen molar-refractivity contribution in [3.05, 3.63) is 42.0 Å². The van der Waals surface area contributed by atoms with Crippen molar-refractivity contribution < 1.29 is 0 Å². The van der Waals surface area contributed by atoms with Gasteiger partial charge in [0.1, 0.15) is 0 Å². The molecule has 1 aromatic carbocycles. The monoisotopic (exact) mass is 208 g/mol. The van der Waals surface area contributed by atoms with Crippen LogP contribution in [0.25, 0.3) is 6.08 Å². The molecule has 0 saturated carbocycles. The van der Waals surface area contributed by atoms with Crippen molar-refractivity contribution in [1.29, 1.82) is 0 Å². The molecule has 0 radical (unpaired) electrons. The number of rotatable bonds is 5. The summed E-state index contributed by atoms with van der Waals surface area (Å²) in [5, 5.41) is 0.294. The Hall–Kier alpha value is -0.750. The van der Waals surface area contributed by atoms with Gasteiger partial charge >= 0.3 is 0 Å². The maximum Gasteiger partial charge on any atom is 0.0308 e. The average molecular weight is 209 g/mol. The lowest BCUT2D eigenvalue weighted by Gasteiger charge is -2.03. The number of hydrogen-bond acceptors (Lipinski definition) is 0. The first-order valence-electron chi connectivity index (χ1n) is 5.08. The highest BCUT2D eigenvalue weighted by Gasteiger charge is 1.97.